The van der Waals surface area contributed by atoms with Crippen LogP contribution in [-0.2, 0) is 24.1 Å². The predicted molar refractivity (Wildman–Crippen MR) is 134 cm³/mol. The van der Waals surface area contributed by atoms with Gasteiger partial charge in [-0.15, -0.1) is 22.7 Å². The van der Waals surface area contributed by atoms with Crippen molar-refractivity contribution in [3.05, 3.63) is 64.0 Å². The number of thiazole rings is 1. The van der Waals surface area contributed by atoms with Crippen LogP contribution in [0.25, 0.3) is 20.8 Å². The first-order valence-electron chi connectivity index (χ1n) is 11.0. The summed E-state index contributed by atoms with van der Waals surface area (Å²) in [6.07, 6.45) is 3.57. The summed E-state index contributed by atoms with van der Waals surface area (Å²) < 4.78 is 6.64. The molecule has 1 atom stereocenters. The number of aromatic nitrogens is 1. The minimum absolute atomic E-state index is 0.0251. The van der Waals surface area contributed by atoms with E-state index >= 15 is 0 Å². The van der Waals surface area contributed by atoms with Crippen LogP contribution in [0.1, 0.15) is 34.9 Å². The molecule has 0 radical (unpaired) electrons. The molecule has 4 nitrogen and oxygen atoms in total. The van der Waals surface area contributed by atoms with Crippen LogP contribution >= 0.6 is 22.7 Å². The number of rotatable bonds is 5. The lowest BCUT2D eigenvalue weighted by molar-refractivity contribution is -0.115. The van der Waals surface area contributed by atoms with Gasteiger partial charge in [0, 0.05) is 16.0 Å². The number of amides is 1. The molecule has 5 rings (SSSR count). The lowest BCUT2D eigenvalue weighted by atomic mass is 9.88. The van der Waals surface area contributed by atoms with E-state index in [0.717, 1.165) is 50.8 Å². The summed E-state index contributed by atoms with van der Waals surface area (Å²) in [5.41, 5.74) is 5.53. The normalized spacial score (nSPS) is 15.5. The minimum Gasteiger partial charge on any atom is -0.496 e. The second-order valence-corrected chi connectivity index (χ2v) is 10.7. The number of methoxy groups -OCH3 is 1. The van der Waals surface area contributed by atoms with E-state index in [1.54, 1.807) is 29.8 Å². The van der Waals surface area contributed by atoms with Gasteiger partial charge in [-0.2, -0.15) is 0 Å². The highest BCUT2D eigenvalue weighted by atomic mass is 32.1. The molecule has 1 amide bonds. The lowest BCUT2D eigenvalue weighted by Crippen LogP contribution is -2.15. The van der Waals surface area contributed by atoms with Crippen molar-refractivity contribution in [2.45, 2.75) is 39.5 Å². The third kappa shape index (κ3) is 4.05. The summed E-state index contributed by atoms with van der Waals surface area (Å²) >= 11 is 3.43. The Bertz CT molecular complexity index is 1270. The van der Waals surface area contributed by atoms with E-state index in [2.05, 4.69) is 24.4 Å². The van der Waals surface area contributed by atoms with Crippen molar-refractivity contribution in [1.82, 2.24) is 4.98 Å². The monoisotopic (exact) mass is 462 g/mol. The van der Waals surface area contributed by atoms with E-state index in [9.17, 15) is 4.79 Å². The number of hydrogen-bond acceptors (Lipinski definition) is 5. The van der Waals surface area contributed by atoms with Crippen molar-refractivity contribution in [2.75, 3.05) is 12.4 Å². The first kappa shape index (κ1) is 21.2. The molecule has 2 aromatic carbocycles. The van der Waals surface area contributed by atoms with Gasteiger partial charge in [-0.1, -0.05) is 36.8 Å². The van der Waals surface area contributed by atoms with Gasteiger partial charge in [0.25, 0.3) is 0 Å². The lowest BCUT2D eigenvalue weighted by Gasteiger charge is -2.18. The van der Waals surface area contributed by atoms with Crippen LogP contribution < -0.4 is 10.1 Å². The van der Waals surface area contributed by atoms with Gasteiger partial charge in [0.15, 0.2) is 0 Å². The zero-order chi connectivity index (χ0) is 22.2. The standard InChI is InChI=1S/C26H26N2O2S2/c1-15-9-11-20(30-3)17(12-15)14-23(29)28-26-24(18-10-8-16(2)13-22(18)32-26)25-27-19-6-4-5-7-21(19)31-25/h4-7,9,11-12,16H,8,10,13-14H2,1-3H3,(H,28,29). The maximum Gasteiger partial charge on any atom is 0.229 e. The second-order valence-electron chi connectivity index (χ2n) is 8.58. The fourth-order valence-corrected chi connectivity index (χ4v) is 6.97. The van der Waals surface area contributed by atoms with E-state index in [4.69, 9.17) is 9.72 Å². The van der Waals surface area contributed by atoms with Crippen LogP contribution in [0.4, 0.5) is 5.00 Å². The molecule has 2 aromatic heterocycles. The van der Waals surface area contributed by atoms with Crippen LogP contribution in [0.2, 0.25) is 0 Å². The number of thiophene rings is 1. The average molecular weight is 463 g/mol. The van der Waals surface area contributed by atoms with Gasteiger partial charge in [0.2, 0.25) is 5.91 Å². The molecule has 4 aromatic rings. The summed E-state index contributed by atoms with van der Waals surface area (Å²) in [7, 11) is 1.64. The van der Waals surface area contributed by atoms with Crippen molar-refractivity contribution >= 4 is 43.8 Å². The van der Waals surface area contributed by atoms with Crippen LogP contribution in [0.5, 0.6) is 5.75 Å². The number of hydrogen-bond donors (Lipinski definition) is 1. The summed E-state index contributed by atoms with van der Waals surface area (Å²) in [5.74, 6) is 1.39. The molecule has 6 heteroatoms. The van der Waals surface area contributed by atoms with Crippen molar-refractivity contribution in [1.29, 1.82) is 0 Å². The van der Waals surface area contributed by atoms with Gasteiger partial charge >= 0.3 is 0 Å². The molecule has 1 aliphatic carbocycles. The van der Waals surface area contributed by atoms with Crippen LogP contribution in [-0.4, -0.2) is 18.0 Å². The number of aryl methyl sites for hydroxylation is 1. The number of ether oxygens (including phenoxy) is 1. The fourth-order valence-electron chi connectivity index (χ4n) is 4.43. The largest absolute Gasteiger partial charge is 0.496 e. The maximum absolute atomic E-state index is 13.1. The van der Waals surface area contributed by atoms with Crippen molar-refractivity contribution in [3.63, 3.8) is 0 Å². The van der Waals surface area contributed by atoms with Crippen molar-refractivity contribution < 1.29 is 9.53 Å². The highest BCUT2D eigenvalue weighted by Gasteiger charge is 2.27. The van der Waals surface area contributed by atoms with Crippen LogP contribution in [0.3, 0.4) is 0 Å². The van der Waals surface area contributed by atoms with E-state index in [0.29, 0.717) is 5.92 Å². The Kier molecular flexibility index (Phi) is 5.74. The molecule has 164 valence electrons. The van der Waals surface area contributed by atoms with Gasteiger partial charge in [-0.3, -0.25) is 4.79 Å². The number of anilines is 1. The Balaban J connectivity index is 1.51. The van der Waals surface area contributed by atoms with Crippen molar-refractivity contribution in [3.8, 4) is 16.3 Å². The SMILES string of the molecule is COc1ccc(C)cc1CC(=O)Nc1sc2c(c1-c1nc3ccccc3s1)CCC(C)C2. The van der Waals surface area contributed by atoms with Crippen LogP contribution in [0, 0.1) is 12.8 Å². The Morgan fingerprint density at radius 3 is 2.88 bits per heavy atom. The average Bonchev–Trinajstić information content (AvgIpc) is 3.33. The highest BCUT2D eigenvalue weighted by Crippen LogP contribution is 2.47. The molecule has 0 fully saturated rings. The summed E-state index contributed by atoms with van der Waals surface area (Å²) in [6.45, 7) is 4.34. The van der Waals surface area contributed by atoms with Gasteiger partial charge < -0.3 is 10.1 Å². The van der Waals surface area contributed by atoms with Crippen LogP contribution in [0.15, 0.2) is 42.5 Å². The third-order valence-corrected chi connectivity index (χ3v) is 8.28. The number of benzene rings is 2. The number of nitrogens with one attached hydrogen (secondary N) is 1. The third-order valence-electron chi connectivity index (χ3n) is 6.06. The Morgan fingerprint density at radius 1 is 1.22 bits per heavy atom. The topological polar surface area (TPSA) is 51.2 Å². The number of para-hydroxylation sites is 1. The number of fused-ring (bicyclic) bond motifs is 2. The molecule has 0 aliphatic heterocycles. The molecule has 0 spiro atoms. The molecule has 1 unspecified atom stereocenters. The second kappa shape index (κ2) is 8.68. The summed E-state index contributed by atoms with van der Waals surface area (Å²) in [6, 6.07) is 14.2. The summed E-state index contributed by atoms with van der Waals surface area (Å²) in [4.78, 5) is 19.4. The molecule has 0 bridgehead atoms. The zero-order valence-corrected chi connectivity index (χ0v) is 20.2. The quantitative estimate of drug-likeness (QED) is 0.361. The minimum atomic E-state index is -0.0251. The molecular weight excluding hydrogens is 436 g/mol. The number of carbonyl (C=O) groups excluding carboxylic acids is 1. The van der Waals surface area contributed by atoms with Gasteiger partial charge in [0.05, 0.1) is 23.7 Å². The van der Waals surface area contributed by atoms with E-state index in [-0.39, 0.29) is 12.3 Å². The first-order valence-corrected chi connectivity index (χ1v) is 12.6. The smallest absolute Gasteiger partial charge is 0.229 e. The van der Waals surface area contributed by atoms with Gasteiger partial charge in [0.1, 0.15) is 15.8 Å². The Hall–Kier alpha value is -2.70. The van der Waals surface area contributed by atoms with E-state index in [1.165, 1.54) is 21.6 Å². The molecule has 2 heterocycles. The first-order chi connectivity index (χ1) is 15.5. The fraction of sp³-hybridized carbons (Fsp3) is 0.308. The summed E-state index contributed by atoms with van der Waals surface area (Å²) in [5, 5.41) is 5.17. The highest BCUT2D eigenvalue weighted by molar-refractivity contribution is 7.22. The predicted octanol–water partition coefficient (Wildman–Crippen LogP) is 6.65. The Labute approximate surface area is 196 Å². The van der Waals surface area contributed by atoms with Crippen molar-refractivity contribution in [2.24, 2.45) is 5.92 Å². The zero-order valence-electron chi connectivity index (χ0n) is 18.5. The molecule has 32 heavy (non-hydrogen) atoms. The molecular formula is C26H26N2O2S2. The van der Waals surface area contributed by atoms with E-state index < -0.39 is 0 Å². The maximum atomic E-state index is 13.1. The molecule has 0 saturated heterocycles. The number of carbonyl (C=O) groups is 1. The van der Waals surface area contributed by atoms with E-state index in [1.807, 2.05) is 37.3 Å². The molecule has 1 aliphatic rings. The molecule has 0 saturated carbocycles. The van der Waals surface area contributed by atoms with Gasteiger partial charge in [-0.05, 0) is 55.9 Å². The number of nitrogens with zero attached hydrogens (tertiary/aromatic N) is 1. The van der Waals surface area contributed by atoms with Gasteiger partial charge in [-0.25, -0.2) is 4.98 Å². The molecule has 1 N–H and O–H groups in total. The Morgan fingerprint density at radius 2 is 2.06 bits per heavy atom.